The molecule has 0 aliphatic heterocycles. The zero-order valence-electron chi connectivity index (χ0n) is 11.3. The first-order valence-corrected chi connectivity index (χ1v) is 6.40. The second-order valence-electron chi connectivity index (χ2n) is 5.42. The molecule has 18 heavy (non-hydrogen) atoms. The standard InChI is InChI=1S/C13H21N3O2/c1-9(2)16-12(11(18-3)8-15-16)10(17)7-13(14)5-4-6-13/h8-9H,4-7,14H2,1-3H3. The van der Waals surface area contributed by atoms with E-state index in [1.807, 2.05) is 13.8 Å². The van der Waals surface area contributed by atoms with Crippen molar-refractivity contribution in [1.29, 1.82) is 0 Å². The van der Waals surface area contributed by atoms with Crippen LogP contribution in [0, 0.1) is 0 Å². The van der Waals surface area contributed by atoms with Gasteiger partial charge in [-0.25, -0.2) is 0 Å². The summed E-state index contributed by atoms with van der Waals surface area (Å²) in [4.78, 5) is 12.4. The first-order chi connectivity index (χ1) is 8.47. The molecule has 1 aromatic rings. The van der Waals surface area contributed by atoms with E-state index < -0.39 is 0 Å². The molecule has 100 valence electrons. The number of ketones is 1. The summed E-state index contributed by atoms with van der Waals surface area (Å²) in [6, 6.07) is 0.128. The van der Waals surface area contributed by atoms with E-state index in [0.717, 1.165) is 19.3 Å². The fourth-order valence-electron chi connectivity index (χ4n) is 2.36. The van der Waals surface area contributed by atoms with Crippen LogP contribution in [-0.4, -0.2) is 28.2 Å². The van der Waals surface area contributed by atoms with Crippen molar-refractivity contribution in [3.8, 4) is 5.75 Å². The summed E-state index contributed by atoms with van der Waals surface area (Å²) in [5, 5.41) is 4.21. The van der Waals surface area contributed by atoms with Gasteiger partial charge < -0.3 is 10.5 Å². The summed E-state index contributed by atoms with van der Waals surface area (Å²) in [6.45, 7) is 3.98. The summed E-state index contributed by atoms with van der Waals surface area (Å²) in [5.74, 6) is 0.567. The molecule has 1 aliphatic carbocycles. The molecule has 5 heteroatoms. The van der Waals surface area contributed by atoms with Crippen molar-refractivity contribution in [2.24, 2.45) is 5.73 Å². The van der Waals surface area contributed by atoms with Crippen molar-refractivity contribution < 1.29 is 9.53 Å². The number of hydrogen-bond donors (Lipinski definition) is 1. The SMILES string of the molecule is COc1cnn(C(C)C)c1C(=O)CC1(N)CCC1. The van der Waals surface area contributed by atoms with Crippen LogP contribution in [0.5, 0.6) is 5.75 Å². The van der Waals surface area contributed by atoms with Gasteiger partial charge in [-0.1, -0.05) is 0 Å². The van der Waals surface area contributed by atoms with Crippen LogP contribution in [0.4, 0.5) is 0 Å². The number of hydrogen-bond acceptors (Lipinski definition) is 4. The molecule has 0 aromatic carbocycles. The summed E-state index contributed by atoms with van der Waals surface area (Å²) in [6.07, 6.45) is 4.94. The van der Waals surface area contributed by atoms with Gasteiger partial charge in [-0.15, -0.1) is 0 Å². The highest BCUT2D eigenvalue weighted by Crippen LogP contribution is 2.34. The van der Waals surface area contributed by atoms with Crippen LogP contribution in [0.1, 0.15) is 56.1 Å². The average Bonchev–Trinajstić information content (AvgIpc) is 2.70. The number of Topliss-reactive ketones (excluding diaryl/α,β-unsaturated/α-hetero) is 1. The summed E-state index contributed by atoms with van der Waals surface area (Å²) >= 11 is 0. The van der Waals surface area contributed by atoms with E-state index in [2.05, 4.69) is 5.10 Å². The second-order valence-corrected chi connectivity index (χ2v) is 5.42. The quantitative estimate of drug-likeness (QED) is 0.812. The lowest BCUT2D eigenvalue weighted by Gasteiger charge is -2.37. The lowest BCUT2D eigenvalue weighted by molar-refractivity contribution is 0.0896. The fraction of sp³-hybridized carbons (Fsp3) is 0.692. The van der Waals surface area contributed by atoms with E-state index in [1.54, 1.807) is 18.0 Å². The molecule has 0 saturated heterocycles. The molecule has 0 amide bonds. The van der Waals surface area contributed by atoms with Gasteiger partial charge in [-0.3, -0.25) is 9.48 Å². The highest BCUT2D eigenvalue weighted by atomic mass is 16.5. The smallest absolute Gasteiger partial charge is 0.186 e. The first-order valence-electron chi connectivity index (χ1n) is 6.40. The van der Waals surface area contributed by atoms with Crippen LogP contribution in [0.25, 0.3) is 0 Å². The van der Waals surface area contributed by atoms with Crippen molar-refractivity contribution in [3.05, 3.63) is 11.9 Å². The van der Waals surface area contributed by atoms with Gasteiger partial charge in [0, 0.05) is 18.0 Å². The third-order valence-electron chi connectivity index (χ3n) is 3.60. The number of carbonyl (C=O) groups excluding carboxylic acids is 1. The Balaban J connectivity index is 2.25. The Morgan fingerprint density at radius 3 is 2.72 bits per heavy atom. The van der Waals surface area contributed by atoms with Crippen LogP contribution in [0.2, 0.25) is 0 Å². The van der Waals surface area contributed by atoms with Gasteiger partial charge in [0.2, 0.25) is 0 Å². The number of carbonyl (C=O) groups is 1. The maximum Gasteiger partial charge on any atom is 0.186 e. The molecule has 2 rings (SSSR count). The summed E-state index contributed by atoms with van der Waals surface area (Å²) < 4.78 is 6.93. The van der Waals surface area contributed by atoms with Crippen molar-refractivity contribution >= 4 is 5.78 Å². The minimum absolute atomic E-state index is 0.0280. The van der Waals surface area contributed by atoms with Crippen molar-refractivity contribution in [2.45, 2.75) is 51.1 Å². The Kier molecular flexibility index (Phi) is 3.43. The molecule has 1 fully saturated rings. The van der Waals surface area contributed by atoms with Gasteiger partial charge in [0.1, 0.15) is 5.69 Å². The number of nitrogens with two attached hydrogens (primary N) is 1. The van der Waals surface area contributed by atoms with Gasteiger partial charge in [0.15, 0.2) is 11.5 Å². The Labute approximate surface area is 107 Å². The van der Waals surface area contributed by atoms with Gasteiger partial charge in [0.25, 0.3) is 0 Å². The Morgan fingerprint density at radius 1 is 1.61 bits per heavy atom. The molecule has 1 aliphatic rings. The van der Waals surface area contributed by atoms with E-state index >= 15 is 0 Å². The first kappa shape index (κ1) is 13.1. The molecule has 1 aromatic heterocycles. The van der Waals surface area contributed by atoms with Crippen LogP contribution in [0.3, 0.4) is 0 Å². The van der Waals surface area contributed by atoms with Crippen molar-refractivity contribution in [3.63, 3.8) is 0 Å². The highest BCUT2D eigenvalue weighted by molar-refractivity contribution is 5.97. The largest absolute Gasteiger partial charge is 0.493 e. The number of aromatic nitrogens is 2. The highest BCUT2D eigenvalue weighted by Gasteiger charge is 2.36. The lowest BCUT2D eigenvalue weighted by Crippen LogP contribution is -2.48. The van der Waals surface area contributed by atoms with Gasteiger partial charge >= 0.3 is 0 Å². The van der Waals surface area contributed by atoms with E-state index in [9.17, 15) is 4.79 Å². The molecule has 2 N–H and O–H groups in total. The minimum Gasteiger partial charge on any atom is -0.493 e. The third kappa shape index (κ3) is 2.27. The van der Waals surface area contributed by atoms with Crippen LogP contribution < -0.4 is 10.5 Å². The van der Waals surface area contributed by atoms with E-state index in [1.165, 1.54) is 0 Å². The normalized spacial score (nSPS) is 17.6. The average molecular weight is 251 g/mol. The van der Waals surface area contributed by atoms with Crippen LogP contribution in [-0.2, 0) is 0 Å². The van der Waals surface area contributed by atoms with Gasteiger partial charge in [0.05, 0.1) is 13.3 Å². The number of nitrogens with zero attached hydrogens (tertiary/aromatic N) is 2. The second kappa shape index (κ2) is 4.72. The monoisotopic (exact) mass is 251 g/mol. The lowest BCUT2D eigenvalue weighted by atomic mass is 9.74. The van der Waals surface area contributed by atoms with Gasteiger partial charge in [-0.2, -0.15) is 5.10 Å². The minimum atomic E-state index is -0.311. The maximum atomic E-state index is 12.4. The molecule has 0 radical (unpaired) electrons. The Bertz CT molecular complexity index is 447. The molecule has 0 bridgehead atoms. The predicted molar refractivity (Wildman–Crippen MR) is 68.9 cm³/mol. The van der Waals surface area contributed by atoms with Crippen LogP contribution >= 0.6 is 0 Å². The van der Waals surface area contributed by atoms with Crippen molar-refractivity contribution in [2.75, 3.05) is 7.11 Å². The fourth-order valence-corrected chi connectivity index (χ4v) is 2.36. The number of methoxy groups -OCH3 is 1. The van der Waals surface area contributed by atoms with Gasteiger partial charge in [-0.05, 0) is 33.1 Å². The van der Waals surface area contributed by atoms with Crippen LogP contribution in [0.15, 0.2) is 6.20 Å². The molecular weight excluding hydrogens is 230 g/mol. The summed E-state index contributed by atoms with van der Waals surface area (Å²) in [5.41, 5.74) is 6.37. The van der Waals surface area contributed by atoms with E-state index in [0.29, 0.717) is 17.9 Å². The third-order valence-corrected chi connectivity index (χ3v) is 3.60. The molecule has 0 unspecified atom stereocenters. The van der Waals surface area contributed by atoms with E-state index in [-0.39, 0.29) is 17.4 Å². The Morgan fingerprint density at radius 2 is 2.28 bits per heavy atom. The zero-order chi connectivity index (χ0) is 13.3. The molecule has 0 spiro atoms. The molecule has 5 nitrogen and oxygen atoms in total. The maximum absolute atomic E-state index is 12.4. The van der Waals surface area contributed by atoms with Crippen molar-refractivity contribution in [1.82, 2.24) is 9.78 Å². The molecule has 1 saturated carbocycles. The molecule has 0 atom stereocenters. The topological polar surface area (TPSA) is 70.1 Å². The zero-order valence-corrected chi connectivity index (χ0v) is 11.3. The molecular formula is C13H21N3O2. The summed E-state index contributed by atoms with van der Waals surface area (Å²) in [7, 11) is 1.56. The number of rotatable bonds is 5. The van der Waals surface area contributed by atoms with E-state index in [4.69, 9.17) is 10.5 Å². The number of ether oxygens (including phenoxy) is 1. The Hall–Kier alpha value is -1.36. The molecule has 1 heterocycles. The predicted octanol–water partition coefficient (Wildman–Crippen LogP) is 1.93.